The van der Waals surface area contributed by atoms with Crippen molar-refractivity contribution in [2.24, 2.45) is 0 Å². The molecule has 2 aromatic carbocycles. The Morgan fingerprint density at radius 1 is 0.652 bits per heavy atom. The first-order chi connectivity index (χ1) is 11.3. The second-order valence-corrected chi connectivity index (χ2v) is 5.92. The van der Waals surface area contributed by atoms with Gasteiger partial charge in [-0.1, -0.05) is 74.9 Å². The topological polar surface area (TPSA) is 12.9 Å². The van der Waals surface area contributed by atoms with Gasteiger partial charge in [0.2, 0.25) is 0 Å². The molecular weight excluding hydrogens is 278 g/mol. The Labute approximate surface area is 139 Å². The van der Waals surface area contributed by atoms with E-state index in [0.29, 0.717) is 0 Å². The van der Waals surface area contributed by atoms with Crippen LogP contribution in [0.1, 0.15) is 31.5 Å². The maximum atomic E-state index is 4.48. The van der Waals surface area contributed by atoms with Gasteiger partial charge in [-0.2, -0.15) is 0 Å². The third-order valence-electron chi connectivity index (χ3n) is 4.23. The maximum absolute atomic E-state index is 4.48. The van der Waals surface area contributed by atoms with Crippen LogP contribution in [0.2, 0.25) is 0 Å². The van der Waals surface area contributed by atoms with E-state index in [1.165, 1.54) is 34.2 Å². The van der Waals surface area contributed by atoms with E-state index in [9.17, 15) is 0 Å². The van der Waals surface area contributed by atoms with Crippen molar-refractivity contribution < 1.29 is 0 Å². The molecule has 0 radical (unpaired) electrons. The second kappa shape index (κ2) is 7.23. The fraction of sp³-hybridized carbons (Fsp3) is 0.227. The summed E-state index contributed by atoms with van der Waals surface area (Å²) in [7, 11) is 0. The molecule has 1 nitrogen and oxygen atoms in total. The van der Waals surface area contributed by atoms with E-state index >= 15 is 0 Å². The molecule has 3 rings (SSSR count). The van der Waals surface area contributed by atoms with E-state index in [2.05, 4.69) is 79.5 Å². The van der Waals surface area contributed by atoms with Crippen LogP contribution in [0.4, 0.5) is 0 Å². The summed E-state index contributed by atoms with van der Waals surface area (Å²) in [5, 5.41) is 0. The first-order valence-corrected chi connectivity index (χ1v) is 8.45. The van der Waals surface area contributed by atoms with Gasteiger partial charge in [0.1, 0.15) is 0 Å². The molecule has 0 atom stereocenters. The van der Waals surface area contributed by atoms with Crippen LogP contribution >= 0.6 is 0 Å². The fourth-order valence-electron chi connectivity index (χ4n) is 2.81. The average molecular weight is 301 g/mol. The number of hydrogen-bond acceptors (Lipinski definition) is 1. The largest absolute Gasteiger partial charge is 0.261 e. The van der Waals surface area contributed by atoms with Crippen LogP contribution in [0, 0.1) is 0 Å². The molecular formula is C22H23N. The van der Waals surface area contributed by atoms with Crippen LogP contribution in [0.3, 0.4) is 0 Å². The van der Waals surface area contributed by atoms with Crippen molar-refractivity contribution in [3.8, 4) is 22.3 Å². The Hall–Kier alpha value is -2.41. The average Bonchev–Trinajstić information content (AvgIpc) is 2.63. The van der Waals surface area contributed by atoms with Crippen molar-refractivity contribution in [1.29, 1.82) is 0 Å². The Bertz CT molecular complexity index is 737. The van der Waals surface area contributed by atoms with Crippen molar-refractivity contribution in [3.63, 3.8) is 0 Å². The van der Waals surface area contributed by atoms with Crippen molar-refractivity contribution in [2.45, 2.75) is 33.1 Å². The van der Waals surface area contributed by atoms with E-state index in [0.717, 1.165) is 18.5 Å². The van der Waals surface area contributed by atoms with Gasteiger partial charge in [-0.25, -0.2) is 0 Å². The molecule has 23 heavy (non-hydrogen) atoms. The number of hydrogen-bond donors (Lipinski definition) is 0. The lowest BCUT2D eigenvalue weighted by Gasteiger charge is -2.06. The van der Waals surface area contributed by atoms with Crippen molar-refractivity contribution in [3.05, 3.63) is 78.1 Å². The van der Waals surface area contributed by atoms with Crippen LogP contribution < -0.4 is 0 Å². The molecule has 0 aliphatic heterocycles. The van der Waals surface area contributed by atoms with E-state index in [4.69, 9.17) is 0 Å². The molecule has 0 bridgehead atoms. The van der Waals surface area contributed by atoms with Gasteiger partial charge in [-0.15, -0.1) is 0 Å². The Balaban J connectivity index is 1.80. The highest BCUT2D eigenvalue weighted by atomic mass is 14.7. The van der Waals surface area contributed by atoms with Gasteiger partial charge in [0.15, 0.2) is 0 Å². The Kier molecular flexibility index (Phi) is 4.87. The van der Waals surface area contributed by atoms with Gasteiger partial charge < -0.3 is 0 Å². The normalized spacial score (nSPS) is 10.7. The predicted molar refractivity (Wildman–Crippen MR) is 98.5 cm³/mol. The van der Waals surface area contributed by atoms with Crippen LogP contribution in [0.15, 0.2) is 66.9 Å². The van der Waals surface area contributed by atoms with E-state index < -0.39 is 0 Å². The molecule has 0 N–H and O–H groups in total. The minimum Gasteiger partial charge on any atom is -0.261 e. The number of aromatic nitrogens is 1. The maximum Gasteiger partial charge on any atom is 0.0401 e. The second-order valence-electron chi connectivity index (χ2n) is 5.92. The molecule has 0 aliphatic carbocycles. The van der Waals surface area contributed by atoms with E-state index in [1.807, 2.05) is 6.20 Å². The molecule has 1 heteroatoms. The van der Waals surface area contributed by atoms with Gasteiger partial charge in [0, 0.05) is 17.5 Å². The minimum absolute atomic E-state index is 0.979. The Morgan fingerprint density at radius 3 is 1.65 bits per heavy atom. The molecule has 1 aromatic heterocycles. The lowest BCUT2D eigenvalue weighted by atomic mass is 9.99. The highest BCUT2D eigenvalue weighted by molar-refractivity contribution is 5.70. The molecule has 3 aromatic rings. The third kappa shape index (κ3) is 3.68. The van der Waals surface area contributed by atoms with Gasteiger partial charge >= 0.3 is 0 Å². The highest BCUT2D eigenvalue weighted by Gasteiger charge is 2.01. The summed E-state index contributed by atoms with van der Waals surface area (Å²) in [6, 6.07) is 21.9. The van der Waals surface area contributed by atoms with Crippen LogP contribution in [-0.4, -0.2) is 4.98 Å². The van der Waals surface area contributed by atoms with Crippen molar-refractivity contribution in [2.75, 3.05) is 0 Å². The molecule has 1 heterocycles. The van der Waals surface area contributed by atoms with Crippen molar-refractivity contribution in [1.82, 2.24) is 4.98 Å². The summed E-state index contributed by atoms with van der Waals surface area (Å²) in [6.45, 7) is 4.34. The number of aryl methyl sites for hydroxylation is 2. The number of nitrogens with zero attached hydrogens (tertiary/aromatic N) is 1. The summed E-state index contributed by atoms with van der Waals surface area (Å²) in [5.74, 6) is 0. The van der Waals surface area contributed by atoms with Gasteiger partial charge in [-0.05, 0) is 41.2 Å². The molecule has 0 aliphatic rings. The van der Waals surface area contributed by atoms with Crippen LogP contribution in [0.25, 0.3) is 22.3 Å². The van der Waals surface area contributed by atoms with Crippen molar-refractivity contribution >= 4 is 0 Å². The van der Waals surface area contributed by atoms with E-state index in [1.54, 1.807) is 0 Å². The number of benzene rings is 2. The Morgan fingerprint density at radius 2 is 1.17 bits per heavy atom. The quantitative estimate of drug-likeness (QED) is 0.569. The molecule has 116 valence electrons. The lowest BCUT2D eigenvalue weighted by molar-refractivity contribution is 0.922. The first-order valence-electron chi connectivity index (χ1n) is 8.45. The zero-order valence-electron chi connectivity index (χ0n) is 13.9. The van der Waals surface area contributed by atoms with Gasteiger partial charge in [-0.3, -0.25) is 4.98 Å². The van der Waals surface area contributed by atoms with Crippen LogP contribution in [-0.2, 0) is 12.8 Å². The SMILES string of the molecule is CCCc1ccc(-c2ccc(-c3ccc(CC)nc3)cc2)cc1. The zero-order valence-corrected chi connectivity index (χ0v) is 13.9. The molecule has 0 unspecified atom stereocenters. The predicted octanol–water partition coefficient (Wildman–Crippen LogP) is 5.93. The van der Waals surface area contributed by atoms with Gasteiger partial charge in [0.25, 0.3) is 0 Å². The van der Waals surface area contributed by atoms with Crippen LogP contribution in [0.5, 0.6) is 0 Å². The summed E-state index contributed by atoms with van der Waals surface area (Å²) in [5.41, 5.74) is 7.47. The highest BCUT2D eigenvalue weighted by Crippen LogP contribution is 2.25. The van der Waals surface area contributed by atoms with Gasteiger partial charge in [0.05, 0.1) is 0 Å². The zero-order chi connectivity index (χ0) is 16.1. The lowest BCUT2D eigenvalue weighted by Crippen LogP contribution is -1.87. The monoisotopic (exact) mass is 301 g/mol. The summed E-state index contributed by atoms with van der Waals surface area (Å²) in [4.78, 5) is 4.48. The molecule has 0 spiro atoms. The number of rotatable bonds is 5. The third-order valence-corrected chi connectivity index (χ3v) is 4.23. The summed E-state index contributed by atoms with van der Waals surface area (Å²) < 4.78 is 0. The molecule has 0 fully saturated rings. The molecule has 0 saturated heterocycles. The minimum atomic E-state index is 0.979. The fourth-order valence-corrected chi connectivity index (χ4v) is 2.81. The molecule has 0 saturated carbocycles. The van der Waals surface area contributed by atoms with E-state index in [-0.39, 0.29) is 0 Å². The molecule has 0 amide bonds. The summed E-state index contributed by atoms with van der Waals surface area (Å²) in [6.07, 6.45) is 5.29. The first kappa shape index (κ1) is 15.5. The summed E-state index contributed by atoms with van der Waals surface area (Å²) >= 11 is 0. The number of pyridine rings is 1. The smallest absolute Gasteiger partial charge is 0.0401 e. The standard InChI is InChI=1S/C22H23N/c1-3-5-17-6-8-18(9-7-17)19-10-12-20(13-11-19)21-14-15-22(4-2)23-16-21/h6-16H,3-5H2,1-2H3.